The lowest BCUT2D eigenvalue weighted by molar-refractivity contribution is -0.134. The number of imide groups is 1. The summed E-state index contributed by atoms with van der Waals surface area (Å²) >= 11 is 0. The van der Waals surface area contributed by atoms with Crippen LogP contribution in [0.2, 0.25) is 0 Å². The normalized spacial score (nSPS) is 19.8. The molecule has 122 valence electrons. The fourth-order valence-corrected chi connectivity index (χ4v) is 3.05. The number of hydrogen-bond acceptors (Lipinski definition) is 3. The van der Waals surface area contributed by atoms with E-state index in [2.05, 4.69) is 10.7 Å². The second-order valence-electron chi connectivity index (χ2n) is 5.78. The summed E-state index contributed by atoms with van der Waals surface area (Å²) in [5, 5.41) is 3.20. The molecule has 1 saturated carbocycles. The average molecular weight is 323 g/mol. The Morgan fingerprint density at radius 3 is 2.52 bits per heavy atom. The van der Waals surface area contributed by atoms with Crippen molar-refractivity contribution in [2.75, 3.05) is 0 Å². The number of nitrogens with one attached hydrogen (secondary N) is 2. The van der Waals surface area contributed by atoms with Crippen molar-refractivity contribution < 1.29 is 23.2 Å². The largest absolute Gasteiger partial charge is 0.344 e. The number of amides is 4. The predicted octanol–water partition coefficient (Wildman–Crippen LogP) is 1.86. The molecule has 0 bridgehead atoms. The highest BCUT2D eigenvalue weighted by Gasteiger charge is 2.52. The first-order chi connectivity index (χ1) is 10.9. The summed E-state index contributed by atoms with van der Waals surface area (Å²) < 4.78 is 26.5. The quantitative estimate of drug-likeness (QED) is 0.816. The van der Waals surface area contributed by atoms with E-state index in [1.54, 1.807) is 0 Å². The van der Waals surface area contributed by atoms with E-state index >= 15 is 0 Å². The minimum absolute atomic E-state index is 0.448. The number of carbonyl (C=O) groups excluding carboxylic acids is 3. The van der Waals surface area contributed by atoms with E-state index < -0.39 is 40.6 Å². The van der Waals surface area contributed by atoms with Gasteiger partial charge in [-0.25, -0.2) is 13.6 Å². The van der Waals surface area contributed by atoms with Crippen molar-refractivity contribution in [3.05, 3.63) is 35.4 Å². The van der Waals surface area contributed by atoms with Crippen LogP contribution in [0.1, 0.15) is 42.5 Å². The van der Waals surface area contributed by atoms with E-state index in [-0.39, 0.29) is 0 Å². The molecule has 2 N–H and O–H groups in total. The highest BCUT2D eigenvalue weighted by atomic mass is 19.1. The molecule has 2 aliphatic rings. The smallest absolute Gasteiger partial charge is 0.322 e. The van der Waals surface area contributed by atoms with E-state index in [0.717, 1.165) is 31.4 Å². The fourth-order valence-electron chi connectivity index (χ4n) is 3.05. The van der Waals surface area contributed by atoms with Gasteiger partial charge in [0.25, 0.3) is 11.8 Å². The number of urea groups is 1. The van der Waals surface area contributed by atoms with E-state index in [4.69, 9.17) is 0 Å². The maximum absolute atomic E-state index is 13.6. The van der Waals surface area contributed by atoms with E-state index in [1.807, 2.05) is 0 Å². The highest BCUT2D eigenvalue weighted by Crippen LogP contribution is 2.33. The molecule has 8 heteroatoms. The van der Waals surface area contributed by atoms with E-state index in [0.29, 0.717) is 23.9 Å². The summed E-state index contributed by atoms with van der Waals surface area (Å²) in [4.78, 5) is 36.5. The summed E-state index contributed by atoms with van der Waals surface area (Å²) in [6.07, 6.45) is 3.61. The maximum Gasteiger partial charge on any atom is 0.344 e. The molecule has 1 aromatic rings. The number of halogens is 2. The average Bonchev–Trinajstić information content (AvgIpc) is 2.72. The van der Waals surface area contributed by atoms with Crippen LogP contribution in [0.15, 0.2) is 18.2 Å². The maximum atomic E-state index is 13.6. The molecular weight excluding hydrogens is 308 g/mol. The Balaban J connectivity index is 1.78. The molecule has 1 heterocycles. The minimum atomic E-state index is -1.07. The standard InChI is InChI=1S/C15H15F2N3O3/c16-9-4-5-10(11(17)8-9)12(21)19-20-13(22)15(18-14(20)23)6-2-1-3-7-15/h4-5,8H,1-3,6-7H2,(H,18,23)(H,19,21). The molecule has 0 atom stereocenters. The first-order valence-electron chi connectivity index (χ1n) is 7.36. The second-order valence-corrected chi connectivity index (χ2v) is 5.78. The van der Waals surface area contributed by atoms with Crippen molar-refractivity contribution in [3.8, 4) is 0 Å². The monoisotopic (exact) mass is 323 g/mol. The SMILES string of the molecule is O=C(NN1C(=O)NC2(CCCCC2)C1=O)c1ccc(F)cc1F. The summed E-state index contributed by atoms with van der Waals surface area (Å²) in [5.74, 6) is -3.42. The predicted molar refractivity (Wildman–Crippen MR) is 75.0 cm³/mol. The van der Waals surface area contributed by atoms with Gasteiger partial charge in [-0.1, -0.05) is 19.3 Å². The van der Waals surface area contributed by atoms with Crippen LogP contribution in [0.5, 0.6) is 0 Å². The number of benzene rings is 1. The van der Waals surface area contributed by atoms with Gasteiger partial charge >= 0.3 is 6.03 Å². The van der Waals surface area contributed by atoms with Gasteiger partial charge in [0.15, 0.2) is 0 Å². The zero-order valence-corrected chi connectivity index (χ0v) is 12.2. The van der Waals surface area contributed by atoms with Crippen molar-refractivity contribution >= 4 is 17.8 Å². The number of nitrogens with zero attached hydrogens (tertiary/aromatic N) is 1. The molecule has 3 rings (SSSR count). The van der Waals surface area contributed by atoms with Gasteiger partial charge in [-0.3, -0.25) is 15.0 Å². The lowest BCUT2D eigenvalue weighted by Gasteiger charge is -2.30. The number of hydrazine groups is 1. The van der Waals surface area contributed by atoms with Gasteiger partial charge in [-0.05, 0) is 25.0 Å². The third-order valence-electron chi connectivity index (χ3n) is 4.26. The molecule has 0 radical (unpaired) electrons. The van der Waals surface area contributed by atoms with Gasteiger partial charge in [-0.2, -0.15) is 5.01 Å². The molecular formula is C15H15F2N3O3. The zero-order valence-electron chi connectivity index (χ0n) is 12.2. The molecule has 1 aromatic carbocycles. The zero-order chi connectivity index (χ0) is 16.6. The van der Waals surface area contributed by atoms with Gasteiger partial charge in [0.05, 0.1) is 5.56 Å². The van der Waals surface area contributed by atoms with Crippen LogP contribution in [0.4, 0.5) is 13.6 Å². The molecule has 6 nitrogen and oxygen atoms in total. The van der Waals surface area contributed by atoms with Crippen LogP contribution in [0.3, 0.4) is 0 Å². The minimum Gasteiger partial charge on any atom is -0.322 e. The van der Waals surface area contributed by atoms with Crippen molar-refractivity contribution in [1.29, 1.82) is 0 Å². The van der Waals surface area contributed by atoms with Crippen LogP contribution in [0, 0.1) is 11.6 Å². The Morgan fingerprint density at radius 2 is 1.87 bits per heavy atom. The van der Waals surface area contributed by atoms with Crippen molar-refractivity contribution in [3.63, 3.8) is 0 Å². The Morgan fingerprint density at radius 1 is 1.17 bits per heavy atom. The molecule has 0 unspecified atom stereocenters. The molecule has 23 heavy (non-hydrogen) atoms. The van der Waals surface area contributed by atoms with Gasteiger partial charge in [0.1, 0.15) is 17.2 Å². The lowest BCUT2D eigenvalue weighted by Crippen LogP contribution is -2.51. The van der Waals surface area contributed by atoms with Crippen LogP contribution >= 0.6 is 0 Å². The molecule has 2 fully saturated rings. The van der Waals surface area contributed by atoms with Crippen LogP contribution in [0.25, 0.3) is 0 Å². The number of rotatable bonds is 2. The van der Waals surface area contributed by atoms with Crippen LogP contribution < -0.4 is 10.7 Å². The van der Waals surface area contributed by atoms with Crippen molar-refractivity contribution in [1.82, 2.24) is 15.8 Å². The van der Waals surface area contributed by atoms with Gasteiger partial charge in [-0.15, -0.1) is 0 Å². The number of hydrogen-bond donors (Lipinski definition) is 2. The Bertz CT molecular complexity index is 687. The third-order valence-corrected chi connectivity index (χ3v) is 4.26. The molecule has 1 saturated heterocycles. The molecule has 1 spiro atoms. The van der Waals surface area contributed by atoms with E-state index in [9.17, 15) is 23.2 Å². The van der Waals surface area contributed by atoms with Gasteiger partial charge < -0.3 is 5.32 Å². The van der Waals surface area contributed by atoms with Gasteiger partial charge in [0.2, 0.25) is 0 Å². The summed E-state index contributed by atoms with van der Waals surface area (Å²) in [6.45, 7) is 0. The van der Waals surface area contributed by atoms with Crippen molar-refractivity contribution in [2.45, 2.75) is 37.6 Å². The molecule has 1 aliphatic heterocycles. The Hall–Kier alpha value is -2.51. The van der Waals surface area contributed by atoms with E-state index in [1.165, 1.54) is 0 Å². The first kappa shape index (κ1) is 15.4. The molecule has 4 amide bonds. The third kappa shape index (κ3) is 2.64. The molecule has 1 aliphatic carbocycles. The Labute approximate surface area is 130 Å². The topological polar surface area (TPSA) is 78.5 Å². The van der Waals surface area contributed by atoms with Gasteiger partial charge in [0, 0.05) is 6.07 Å². The van der Waals surface area contributed by atoms with Crippen molar-refractivity contribution in [2.24, 2.45) is 0 Å². The number of carbonyl (C=O) groups is 3. The lowest BCUT2D eigenvalue weighted by atomic mass is 9.82. The Kier molecular flexibility index (Phi) is 3.75. The fraction of sp³-hybridized carbons (Fsp3) is 0.400. The van der Waals surface area contributed by atoms with Crippen LogP contribution in [-0.4, -0.2) is 28.4 Å². The second kappa shape index (κ2) is 5.60. The van der Waals surface area contributed by atoms with Crippen LogP contribution in [-0.2, 0) is 4.79 Å². The summed E-state index contributed by atoms with van der Waals surface area (Å²) in [6, 6.07) is 1.69. The first-order valence-corrected chi connectivity index (χ1v) is 7.36. The molecule has 0 aromatic heterocycles. The summed E-state index contributed by atoms with van der Waals surface area (Å²) in [5.41, 5.74) is 0.667. The highest BCUT2D eigenvalue weighted by molar-refractivity contribution is 6.09. The summed E-state index contributed by atoms with van der Waals surface area (Å²) in [7, 11) is 0.